The Hall–Kier alpha value is -4.22. The predicted molar refractivity (Wildman–Crippen MR) is 112 cm³/mol. The van der Waals surface area contributed by atoms with Crippen molar-refractivity contribution in [1.82, 2.24) is 5.43 Å². The number of hydrogen-bond acceptors (Lipinski definition) is 6. The molecule has 0 spiro atoms. The smallest absolute Gasteiger partial charge is 0.282 e. The second-order valence-electron chi connectivity index (χ2n) is 5.90. The fraction of sp³-hybridized carbons (Fsp3) is 0. The van der Waals surface area contributed by atoms with E-state index in [0.717, 1.165) is 0 Å². The number of halogens is 1. The maximum absolute atomic E-state index is 12.2. The number of furan rings is 1. The summed E-state index contributed by atoms with van der Waals surface area (Å²) in [4.78, 5) is 22.4. The van der Waals surface area contributed by atoms with Crippen LogP contribution in [0.5, 0.6) is 0 Å². The van der Waals surface area contributed by atoms with Crippen LogP contribution in [0.3, 0.4) is 0 Å². The third-order valence-corrected chi connectivity index (χ3v) is 4.26. The Morgan fingerprint density at radius 1 is 1.17 bits per heavy atom. The summed E-state index contributed by atoms with van der Waals surface area (Å²) in [6, 6.07) is 17.8. The molecule has 0 bridgehead atoms. The summed E-state index contributed by atoms with van der Waals surface area (Å²) in [5.41, 5.74) is 3.24. The van der Waals surface area contributed by atoms with Gasteiger partial charge >= 0.3 is 0 Å². The van der Waals surface area contributed by atoms with Crippen LogP contribution in [-0.4, -0.2) is 17.0 Å². The van der Waals surface area contributed by atoms with Crippen molar-refractivity contribution in [3.63, 3.8) is 0 Å². The summed E-state index contributed by atoms with van der Waals surface area (Å²) in [6.45, 7) is 0. The fourth-order valence-electron chi connectivity index (χ4n) is 2.42. The zero-order chi connectivity index (χ0) is 21.5. The van der Waals surface area contributed by atoms with Gasteiger partial charge in [0, 0.05) is 34.4 Å². The molecule has 1 aromatic heterocycles. The Labute approximate surface area is 175 Å². The van der Waals surface area contributed by atoms with E-state index in [9.17, 15) is 20.2 Å². The van der Waals surface area contributed by atoms with Crippen LogP contribution in [0.4, 0.5) is 5.69 Å². The number of nitriles is 1. The van der Waals surface area contributed by atoms with E-state index in [1.165, 1.54) is 24.4 Å². The Kier molecular flexibility index (Phi) is 6.37. The van der Waals surface area contributed by atoms with Crippen LogP contribution in [0, 0.1) is 21.4 Å². The van der Waals surface area contributed by atoms with Crippen molar-refractivity contribution in [2.24, 2.45) is 5.10 Å². The second-order valence-corrected chi connectivity index (χ2v) is 6.30. The highest BCUT2D eigenvalue weighted by Crippen LogP contribution is 2.25. The summed E-state index contributed by atoms with van der Waals surface area (Å²) >= 11 is 6.00. The lowest BCUT2D eigenvalue weighted by Crippen LogP contribution is -2.19. The zero-order valence-corrected chi connectivity index (χ0v) is 16.0. The minimum absolute atomic E-state index is 0.0359. The van der Waals surface area contributed by atoms with Gasteiger partial charge in [0.1, 0.15) is 23.2 Å². The van der Waals surface area contributed by atoms with Crippen molar-refractivity contribution in [3.05, 3.63) is 92.7 Å². The Morgan fingerprint density at radius 3 is 2.57 bits per heavy atom. The highest BCUT2D eigenvalue weighted by atomic mass is 35.5. The average Bonchev–Trinajstić information content (AvgIpc) is 3.22. The zero-order valence-electron chi connectivity index (χ0n) is 15.3. The number of nitrogens with one attached hydrogen (secondary N) is 1. The number of carbonyl (C=O) groups excluding carboxylic acids is 1. The predicted octanol–water partition coefficient (Wildman–Crippen LogP) is 4.57. The lowest BCUT2D eigenvalue weighted by Gasteiger charge is -1.99. The van der Waals surface area contributed by atoms with Crippen LogP contribution in [-0.2, 0) is 4.79 Å². The molecule has 30 heavy (non-hydrogen) atoms. The molecule has 9 heteroatoms. The van der Waals surface area contributed by atoms with E-state index in [1.54, 1.807) is 54.6 Å². The molecule has 0 atom stereocenters. The number of carbonyl (C=O) groups is 1. The molecule has 0 fully saturated rings. The summed E-state index contributed by atoms with van der Waals surface area (Å²) in [5.74, 6) is -0.00943. The summed E-state index contributed by atoms with van der Waals surface area (Å²) < 4.78 is 5.61. The molecule has 0 radical (unpaired) electrons. The van der Waals surface area contributed by atoms with E-state index in [2.05, 4.69) is 10.5 Å². The third kappa shape index (κ3) is 4.98. The van der Waals surface area contributed by atoms with Gasteiger partial charge in [-0.25, -0.2) is 5.43 Å². The largest absolute Gasteiger partial charge is 0.457 e. The molecule has 2 aromatic carbocycles. The molecular weight excluding hydrogens is 408 g/mol. The monoisotopic (exact) mass is 420 g/mol. The number of nitro benzene ring substituents is 1. The lowest BCUT2D eigenvalue weighted by atomic mass is 10.1. The van der Waals surface area contributed by atoms with Crippen LogP contribution in [0.15, 0.2) is 75.8 Å². The van der Waals surface area contributed by atoms with E-state index in [0.29, 0.717) is 21.9 Å². The van der Waals surface area contributed by atoms with E-state index < -0.39 is 10.8 Å². The minimum atomic E-state index is -0.714. The van der Waals surface area contributed by atoms with Crippen LogP contribution < -0.4 is 5.43 Å². The number of benzene rings is 2. The molecule has 3 aromatic rings. The maximum Gasteiger partial charge on any atom is 0.282 e. The van der Waals surface area contributed by atoms with Crippen LogP contribution in [0.25, 0.3) is 17.4 Å². The quantitative estimate of drug-likeness (QED) is 0.206. The highest BCUT2D eigenvalue weighted by molar-refractivity contribution is 6.33. The Morgan fingerprint density at radius 2 is 1.90 bits per heavy atom. The third-order valence-electron chi connectivity index (χ3n) is 3.92. The topological polar surface area (TPSA) is 122 Å². The van der Waals surface area contributed by atoms with Gasteiger partial charge in [-0.1, -0.05) is 29.8 Å². The number of hydrazone groups is 1. The molecule has 0 aliphatic heterocycles. The van der Waals surface area contributed by atoms with Gasteiger partial charge in [-0.05, 0) is 30.3 Å². The van der Waals surface area contributed by atoms with Gasteiger partial charge in [-0.3, -0.25) is 14.9 Å². The molecule has 0 aliphatic carbocycles. The van der Waals surface area contributed by atoms with Crippen LogP contribution in [0.2, 0.25) is 5.02 Å². The minimum Gasteiger partial charge on any atom is -0.457 e. The first-order valence-electron chi connectivity index (χ1n) is 8.52. The van der Waals surface area contributed by atoms with Crippen molar-refractivity contribution in [1.29, 1.82) is 5.26 Å². The number of hydrogen-bond donors (Lipinski definition) is 1. The molecule has 0 saturated carbocycles. The fourth-order valence-corrected chi connectivity index (χ4v) is 2.61. The standard InChI is InChI=1S/C21H13ClN4O4/c22-19-4-2-1-3-15(19)13-24-25-21(27)16(12-23)11-18-9-10-20(30-18)14-5-7-17(8-6-14)26(28)29/h1-11,13H,(H,25,27). The second kappa shape index (κ2) is 9.32. The van der Waals surface area contributed by atoms with E-state index >= 15 is 0 Å². The van der Waals surface area contributed by atoms with Crippen LogP contribution in [0.1, 0.15) is 11.3 Å². The summed E-state index contributed by atoms with van der Waals surface area (Å²) in [6.07, 6.45) is 2.64. The summed E-state index contributed by atoms with van der Waals surface area (Å²) in [7, 11) is 0. The number of amides is 1. The van der Waals surface area contributed by atoms with Crippen molar-refractivity contribution in [2.75, 3.05) is 0 Å². The first-order valence-corrected chi connectivity index (χ1v) is 8.90. The first kappa shape index (κ1) is 20.5. The molecule has 0 saturated heterocycles. The normalized spacial score (nSPS) is 11.3. The van der Waals surface area contributed by atoms with Crippen LogP contribution >= 0.6 is 11.6 Å². The van der Waals surface area contributed by atoms with Gasteiger partial charge in [-0.15, -0.1) is 0 Å². The summed E-state index contributed by atoms with van der Waals surface area (Å²) in [5, 5.41) is 24.3. The van der Waals surface area contributed by atoms with Gasteiger partial charge in [0.25, 0.3) is 11.6 Å². The number of nitro groups is 1. The van der Waals surface area contributed by atoms with Gasteiger partial charge in [-0.2, -0.15) is 10.4 Å². The van der Waals surface area contributed by atoms with Crippen molar-refractivity contribution >= 4 is 35.5 Å². The molecule has 8 nitrogen and oxygen atoms in total. The number of non-ortho nitro benzene ring substituents is 1. The average molecular weight is 421 g/mol. The van der Waals surface area contributed by atoms with Crippen molar-refractivity contribution in [3.8, 4) is 17.4 Å². The molecule has 0 aliphatic rings. The Bertz CT molecular complexity index is 1190. The molecule has 1 N–H and O–H groups in total. The molecule has 3 rings (SSSR count). The molecule has 1 amide bonds. The van der Waals surface area contributed by atoms with Gasteiger partial charge in [0.2, 0.25) is 0 Å². The van der Waals surface area contributed by atoms with E-state index in [-0.39, 0.29) is 17.0 Å². The lowest BCUT2D eigenvalue weighted by molar-refractivity contribution is -0.384. The molecular formula is C21H13ClN4O4. The molecule has 0 unspecified atom stereocenters. The van der Waals surface area contributed by atoms with E-state index in [1.807, 2.05) is 0 Å². The number of rotatable bonds is 6. The van der Waals surface area contributed by atoms with Crippen molar-refractivity contribution in [2.45, 2.75) is 0 Å². The van der Waals surface area contributed by atoms with E-state index in [4.69, 9.17) is 16.0 Å². The maximum atomic E-state index is 12.2. The van der Waals surface area contributed by atoms with Gasteiger partial charge in [0.05, 0.1) is 11.1 Å². The number of nitrogens with zero attached hydrogens (tertiary/aromatic N) is 3. The molecule has 148 valence electrons. The SMILES string of the molecule is N#CC(=Cc1ccc(-c2ccc([N+](=O)[O-])cc2)o1)C(=O)NN=Cc1ccccc1Cl. The van der Waals surface area contributed by atoms with Crippen molar-refractivity contribution < 1.29 is 14.1 Å². The van der Waals surface area contributed by atoms with Gasteiger partial charge < -0.3 is 4.42 Å². The first-order chi connectivity index (χ1) is 14.5. The van der Waals surface area contributed by atoms with Gasteiger partial charge in [0.15, 0.2) is 0 Å². The molecule has 1 heterocycles. The highest BCUT2D eigenvalue weighted by Gasteiger charge is 2.11. The Balaban J connectivity index is 1.71.